The summed E-state index contributed by atoms with van der Waals surface area (Å²) in [6, 6.07) is 7.94. The molecule has 2 nitrogen and oxygen atoms in total. The van der Waals surface area contributed by atoms with E-state index < -0.39 is 0 Å². The Bertz CT molecular complexity index is 292. The van der Waals surface area contributed by atoms with E-state index in [2.05, 4.69) is 13.8 Å². The van der Waals surface area contributed by atoms with Crippen LogP contribution in [0.15, 0.2) is 24.3 Å². The summed E-state index contributed by atoms with van der Waals surface area (Å²) < 4.78 is 11.3. The summed E-state index contributed by atoms with van der Waals surface area (Å²) >= 11 is 0. The molecule has 1 aromatic carbocycles. The molecule has 0 heterocycles. The predicted molar refractivity (Wildman–Crippen MR) is 76.5 cm³/mol. The number of hydrogen-bond acceptors (Lipinski definition) is 2. The molecule has 0 unspecified atom stereocenters. The van der Waals surface area contributed by atoms with Gasteiger partial charge in [0.15, 0.2) is 0 Å². The van der Waals surface area contributed by atoms with Gasteiger partial charge in [-0.05, 0) is 37.1 Å². The molecule has 0 N–H and O–H groups in total. The number of benzene rings is 1. The molecule has 1 rings (SSSR count). The van der Waals surface area contributed by atoms with Gasteiger partial charge in [-0.2, -0.15) is 0 Å². The van der Waals surface area contributed by atoms with Crippen molar-refractivity contribution in [3.8, 4) is 11.5 Å². The van der Waals surface area contributed by atoms with Gasteiger partial charge in [0.1, 0.15) is 11.5 Å². The minimum absolute atomic E-state index is 0.799. The first-order chi connectivity index (χ1) is 8.86. The fourth-order valence-corrected chi connectivity index (χ4v) is 1.69. The first kappa shape index (κ1) is 14.9. The summed E-state index contributed by atoms with van der Waals surface area (Å²) in [6.45, 7) is 6.00. The van der Waals surface area contributed by atoms with Gasteiger partial charge in [0.2, 0.25) is 0 Å². The first-order valence-electron chi connectivity index (χ1n) is 7.22. The molecular weight excluding hydrogens is 224 g/mol. The molecule has 0 aliphatic heterocycles. The summed E-state index contributed by atoms with van der Waals surface area (Å²) in [5.41, 5.74) is 0. The largest absolute Gasteiger partial charge is 0.494 e. The van der Waals surface area contributed by atoms with Crippen LogP contribution in [0.5, 0.6) is 11.5 Å². The summed E-state index contributed by atoms with van der Waals surface area (Å²) in [5, 5.41) is 0. The predicted octanol–water partition coefficient (Wildman–Crippen LogP) is 4.82. The average Bonchev–Trinajstić information content (AvgIpc) is 2.40. The van der Waals surface area contributed by atoms with E-state index >= 15 is 0 Å². The molecule has 1 aromatic rings. The van der Waals surface area contributed by atoms with E-state index in [-0.39, 0.29) is 0 Å². The van der Waals surface area contributed by atoms with Crippen molar-refractivity contribution < 1.29 is 9.47 Å². The smallest absolute Gasteiger partial charge is 0.119 e. The van der Waals surface area contributed by atoms with Crippen molar-refractivity contribution in [2.24, 2.45) is 0 Å². The zero-order chi connectivity index (χ0) is 13.1. The lowest BCUT2D eigenvalue weighted by atomic mass is 10.2. The minimum atomic E-state index is 0.799. The minimum Gasteiger partial charge on any atom is -0.494 e. The number of ether oxygens (including phenoxy) is 2. The van der Waals surface area contributed by atoms with Gasteiger partial charge in [-0.3, -0.25) is 0 Å². The molecule has 0 fully saturated rings. The van der Waals surface area contributed by atoms with Crippen LogP contribution in [0.4, 0.5) is 0 Å². The second kappa shape index (κ2) is 9.81. The Balaban J connectivity index is 2.19. The summed E-state index contributed by atoms with van der Waals surface area (Å²) in [7, 11) is 0. The second-order valence-corrected chi connectivity index (χ2v) is 4.58. The molecule has 0 amide bonds. The maximum atomic E-state index is 5.68. The van der Waals surface area contributed by atoms with Crippen molar-refractivity contribution in [2.75, 3.05) is 13.2 Å². The zero-order valence-electron chi connectivity index (χ0n) is 11.8. The van der Waals surface area contributed by atoms with Crippen LogP contribution in [0.3, 0.4) is 0 Å². The van der Waals surface area contributed by atoms with Crippen molar-refractivity contribution in [1.82, 2.24) is 0 Å². The standard InChI is InChI=1S/C16H26O2/c1-3-5-7-8-14-18-16-11-9-15(10-12-16)17-13-6-4-2/h9-12H,3-8,13-14H2,1-2H3. The van der Waals surface area contributed by atoms with E-state index in [9.17, 15) is 0 Å². The monoisotopic (exact) mass is 250 g/mol. The van der Waals surface area contributed by atoms with Crippen LogP contribution in [0.25, 0.3) is 0 Å². The molecule has 0 aliphatic rings. The fourth-order valence-electron chi connectivity index (χ4n) is 1.69. The van der Waals surface area contributed by atoms with Gasteiger partial charge >= 0.3 is 0 Å². The molecule has 0 saturated carbocycles. The highest BCUT2D eigenvalue weighted by molar-refractivity contribution is 5.31. The van der Waals surface area contributed by atoms with Gasteiger partial charge in [-0.1, -0.05) is 39.5 Å². The van der Waals surface area contributed by atoms with Gasteiger partial charge in [-0.25, -0.2) is 0 Å². The highest BCUT2D eigenvalue weighted by Gasteiger charge is 1.96. The molecule has 0 radical (unpaired) electrons. The Hall–Kier alpha value is -1.18. The lowest BCUT2D eigenvalue weighted by Gasteiger charge is -2.08. The summed E-state index contributed by atoms with van der Waals surface area (Å²) in [6.07, 6.45) is 7.24. The number of rotatable bonds is 10. The van der Waals surface area contributed by atoms with Gasteiger partial charge in [0.25, 0.3) is 0 Å². The molecule has 0 aromatic heterocycles. The molecular formula is C16H26O2. The van der Waals surface area contributed by atoms with Crippen LogP contribution in [0.1, 0.15) is 52.4 Å². The summed E-state index contributed by atoms with van der Waals surface area (Å²) in [5.74, 6) is 1.87. The first-order valence-corrected chi connectivity index (χ1v) is 7.22. The van der Waals surface area contributed by atoms with Crippen molar-refractivity contribution >= 4 is 0 Å². The second-order valence-electron chi connectivity index (χ2n) is 4.58. The van der Waals surface area contributed by atoms with E-state index in [0.29, 0.717) is 0 Å². The third-order valence-electron chi connectivity index (χ3n) is 2.86. The van der Waals surface area contributed by atoms with E-state index in [0.717, 1.165) is 37.6 Å². The fraction of sp³-hybridized carbons (Fsp3) is 0.625. The van der Waals surface area contributed by atoms with Crippen molar-refractivity contribution in [3.05, 3.63) is 24.3 Å². The average molecular weight is 250 g/mol. The Morgan fingerprint density at radius 3 is 1.67 bits per heavy atom. The van der Waals surface area contributed by atoms with E-state index in [1.165, 1.54) is 25.7 Å². The summed E-state index contributed by atoms with van der Waals surface area (Å²) in [4.78, 5) is 0. The van der Waals surface area contributed by atoms with Crippen molar-refractivity contribution in [3.63, 3.8) is 0 Å². The number of hydrogen-bond donors (Lipinski definition) is 0. The molecule has 0 saturated heterocycles. The van der Waals surface area contributed by atoms with E-state index in [1.807, 2.05) is 24.3 Å². The van der Waals surface area contributed by atoms with Crippen molar-refractivity contribution in [2.45, 2.75) is 52.4 Å². The van der Waals surface area contributed by atoms with Crippen LogP contribution < -0.4 is 9.47 Å². The van der Waals surface area contributed by atoms with Gasteiger partial charge in [0, 0.05) is 0 Å². The van der Waals surface area contributed by atoms with E-state index in [4.69, 9.17) is 9.47 Å². The van der Waals surface area contributed by atoms with Gasteiger partial charge < -0.3 is 9.47 Å². The molecule has 0 bridgehead atoms. The molecule has 0 atom stereocenters. The Labute approximate surface area is 111 Å². The lowest BCUT2D eigenvalue weighted by molar-refractivity contribution is 0.298. The Kier molecular flexibility index (Phi) is 8.11. The van der Waals surface area contributed by atoms with Crippen LogP contribution in [-0.4, -0.2) is 13.2 Å². The molecule has 2 heteroatoms. The Morgan fingerprint density at radius 2 is 1.17 bits per heavy atom. The molecule has 18 heavy (non-hydrogen) atoms. The van der Waals surface area contributed by atoms with Crippen LogP contribution in [-0.2, 0) is 0 Å². The lowest BCUT2D eigenvalue weighted by Crippen LogP contribution is -1.98. The van der Waals surface area contributed by atoms with E-state index in [1.54, 1.807) is 0 Å². The maximum Gasteiger partial charge on any atom is 0.119 e. The molecule has 102 valence electrons. The highest BCUT2D eigenvalue weighted by atomic mass is 16.5. The quantitative estimate of drug-likeness (QED) is 0.554. The third-order valence-corrected chi connectivity index (χ3v) is 2.86. The van der Waals surface area contributed by atoms with Crippen molar-refractivity contribution in [1.29, 1.82) is 0 Å². The normalized spacial score (nSPS) is 10.3. The Morgan fingerprint density at radius 1 is 0.667 bits per heavy atom. The SMILES string of the molecule is CCCCCCOc1ccc(OCCCC)cc1. The highest BCUT2D eigenvalue weighted by Crippen LogP contribution is 2.18. The zero-order valence-corrected chi connectivity index (χ0v) is 11.8. The third kappa shape index (κ3) is 6.53. The number of unbranched alkanes of at least 4 members (excludes halogenated alkanes) is 4. The van der Waals surface area contributed by atoms with Gasteiger partial charge in [0.05, 0.1) is 13.2 Å². The maximum absolute atomic E-state index is 5.68. The van der Waals surface area contributed by atoms with Crippen LogP contribution in [0, 0.1) is 0 Å². The van der Waals surface area contributed by atoms with Gasteiger partial charge in [-0.15, -0.1) is 0 Å². The molecule has 0 aliphatic carbocycles. The topological polar surface area (TPSA) is 18.5 Å². The van der Waals surface area contributed by atoms with Crippen LogP contribution in [0.2, 0.25) is 0 Å². The molecule has 0 spiro atoms. The van der Waals surface area contributed by atoms with Crippen LogP contribution >= 0.6 is 0 Å².